The van der Waals surface area contributed by atoms with Gasteiger partial charge in [-0.05, 0) is 12.1 Å². The third-order valence-electron chi connectivity index (χ3n) is 3.99. The molecular formula is C16H21N5O. The van der Waals surface area contributed by atoms with Gasteiger partial charge in [0.25, 0.3) is 0 Å². The summed E-state index contributed by atoms with van der Waals surface area (Å²) in [5.41, 5.74) is 8.15. The summed E-state index contributed by atoms with van der Waals surface area (Å²) in [7, 11) is 1.63. The highest BCUT2D eigenvalue weighted by Gasteiger charge is 2.18. The van der Waals surface area contributed by atoms with Crippen molar-refractivity contribution < 1.29 is 4.74 Å². The summed E-state index contributed by atoms with van der Waals surface area (Å²) in [5, 5.41) is 0. The van der Waals surface area contributed by atoms with Crippen LogP contribution >= 0.6 is 0 Å². The van der Waals surface area contributed by atoms with Crippen molar-refractivity contribution in [3.8, 4) is 5.88 Å². The smallest absolute Gasteiger partial charge is 0.213 e. The fraction of sp³-hybridized carbons (Fsp3) is 0.375. The monoisotopic (exact) mass is 299 g/mol. The number of methoxy groups -OCH3 is 1. The van der Waals surface area contributed by atoms with Crippen molar-refractivity contribution in [3.63, 3.8) is 0 Å². The Labute approximate surface area is 130 Å². The Kier molecular flexibility index (Phi) is 4.39. The number of ether oxygens (including phenoxy) is 1. The van der Waals surface area contributed by atoms with Crippen molar-refractivity contribution in [2.75, 3.05) is 43.9 Å². The van der Waals surface area contributed by atoms with Crippen molar-refractivity contribution in [2.24, 2.45) is 0 Å². The van der Waals surface area contributed by atoms with E-state index in [4.69, 9.17) is 10.5 Å². The minimum absolute atomic E-state index is 0.629. The Morgan fingerprint density at radius 3 is 2.59 bits per heavy atom. The van der Waals surface area contributed by atoms with Crippen LogP contribution in [0.5, 0.6) is 5.88 Å². The van der Waals surface area contributed by atoms with Gasteiger partial charge in [-0.1, -0.05) is 6.07 Å². The topological polar surface area (TPSA) is 67.5 Å². The van der Waals surface area contributed by atoms with Crippen molar-refractivity contribution >= 4 is 11.5 Å². The van der Waals surface area contributed by atoms with Crippen LogP contribution in [0.2, 0.25) is 0 Å². The van der Waals surface area contributed by atoms with E-state index in [1.165, 1.54) is 0 Å². The SMILES string of the molecule is COc1ccc(N2CCN(Cc3cccnc3N)CC2)cn1. The van der Waals surface area contributed by atoms with E-state index in [0.29, 0.717) is 11.7 Å². The van der Waals surface area contributed by atoms with Gasteiger partial charge in [0.1, 0.15) is 5.82 Å². The second-order valence-electron chi connectivity index (χ2n) is 5.37. The molecule has 2 aromatic heterocycles. The first-order valence-corrected chi connectivity index (χ1v) is 7.43. The number of pyridine rings is 2. The van der Waals surface area contributed by atoms with Gasteiger partial charge in [-0.15, -0.1) is 0 Å². The van der Waals surface area contributed by atoms with E-state index in [1.807, 2.05) is 24.4 Å². The molecule has 2 N–H and O–H groups in total. The fourth-order valence-electron chi connectivity index (χ4n) is 2.67. The summed E-state index contributed by atoms with van der Waals surface area (Å²) < 4.78 is 5.10. The Morgan fingerprint density at radius 1 is 1.14 bits per heavy atom. The molecule has 0 radical (unpaired) electrons. The van der Waals surface area contributed by atoms with Gasteiger partial charge in [0.2, 0.25) is 5.88 Å². The molecule has 6 nitrogen and oxygen atoms in total. The molecule has 2 aromatic rings. The Hall–Kier alpha value is -2.34. The van der Waals surface area contributed by atoms with Gasteiger partial charge in [-0.2, -0.15) is 0 Å². The average molecular weight is 299 g/mol. The van der Waals surface area contributed by atoms with Gasteiger partial charge < -0.3 is 15.4 Å². The Balaban J connectivity index is 1.57. The van der Waals surface area contributed by atoms with E-state index < -0.39 is 0 Å². The zero-order valence-corrected chi connectivity index (χ0v) is 12.8. The largest absolute Gasteiger partial charge is 0.481 e. The highest BCUT2D eigenvalue weighted by molar-refractivity contribution is 5.46. The molecule has 0 bridgehead atoms. The molecule has 0 aliphatic carbocycles. The number of aromatic nitrogens is 2. The van der Waals surface area contributed by atoms with E-state index in [0.717, 1.165) is 44.0 Å². The van der Waals surface area contributed by atoms with Crippen molar-refractivity contribution in [1.82, 2.24) is 14.9 Å². The average Bonchev–Trinajstić information content (AvgIpc) is 2.58. The maximum absolute atomic E-state index is 5.92. The van der Waals surface area contributed by atoms with Crippen LogP contribution in [0.1, 0.15) is 5.56 Å². The molecule has 3 rings (SSSR count). The Bertz CT molecular complexity index is 608. The minimum atomic E-state index is 0.629. The molecular weight excluding hydrogens is 278 g/mol. The van der Waals surface area contributed by atoms with Gasteiger partial charge in [-0.3, -0.25) is 4.90 Å². The second-order valence-corrected chi connectivity index (χ2v) is 5.37. The van der Waals surface area contributed by atoms with Crippen LogP contribution in [0.15, 0.2) is 36.7 Å². The van der Waals surface area contributed by atoms with Crippen LogP contribution in [0, 0.1) is 0 Å². The highest BCUT2D eigenvalue weighted by Crippen LogP contribution is 2.19. The van der Waals surface area contributed by atoms with Crippen LogP contribution < -0.4 is 15.4 Å². The molecule has 0 atom stereocenters. The Morgan fingerprint density at radius 2 is 1.95 bits per heavy atom. The van der Waals surface area contributed by atoms with Crippen LogP contribution in [-0.2, 0) is 6.54 Å². The van der Waals surface area contributed by atoms with Crippen LogP contribution in [0.3, 0.4) is 0 Å². The number of nitrogens with two attached hydrogens (primary N) is 1. The summed E-state index contributed by atoms with van der Waals surface area (Å²) in [5.74, 6) is 1.28. The molecule has 0 aromatic carbocycles. The number of hydrogen-bond acceptors (Lipinski definition) is 6. The van der Waals surface area contributed by atoms with Gasteiger partial charge in [0, 0.05) is 50.6 Å². The number of nitrogen functional groups attached to an aromatic ring is 1. The number of rotatable bonds is 4. The molecule has 0 amide bonds. The molecule has 6 heteroatoms. The third kappa shape index (κ3) is 3.28. The lowest BCUT2D eigenvalue weighted by atomic mass is 10.2. The minimum Gasteiger partial charge on any atom is -0.481 e. The van der Waals surface area contributed by atoms with E-state index in [-0.39, 0.29) is 0 Å². The fourth-order valence-corrected chi connectivity index (χ4v) is 2.67. The maximum Gasteiger partial charge on any atom is 0.213 e. The second kappa shape index (κ2) is 6.62. The van der Waals surface area contributed by atoms with E-state index in [9.17, 15) is 0 Å². The number of piperazine rings is 1. The predicted molar refractivity (Wildman–Crippen MR) is 86.9 cm³/mol. The first kappa shape index (κ1) is 14.6. The summed E-state index contributed by atoms with van der Waals surface area (Å²) in [6, 6.07) is 7.94. The molecule has 116 valence electrons. The molecule has 0 spiro atoms. The maximum atomic E-state index is 5.92. The van der Waals surface area contributed by atoms with Gasteiger partial charge in [-0.25, -0.2) is 9.97 Å². The van der Waals surface area contributed by atoms with Gasteiger partial charge in [0.15, 0.2) is 0 Å². The summed E-state index contributed by atoms with van der Waals surface area (Å²) >= 11 is 0. The lowest BCUT2D eigenvalue weighted by molar-refractivity contribution is 0.250. The first-order chi connectivity index (χ1) is 10.8. The summed E-state index contributed by atoms with van der Waals surface area (Å²) in [4.78, 5) is 13.2. The van der Waals surface area contributed by atoms with Crippen molar-refractivity contribution in [1.29, 1.82) is 0 Å². The molecule has 0 saturated carbocycles. The van der Waals surface area contributed by atoms with E-state index in [1.54, 1.807) is 13.3 Å². The highest BCUT2D eigenvalue weighted by atomic mass is 16.5. The summed E-state index contributed by atoms with van der Waals surface area (Å²) in [6.45, 7) is 4.82. The molecule has 1 aliphatic rings. The van der Waals surface area contributed by atoms with Crippen LogP contribution in [0.25, 0.3) is 0 Å². The molecule has 0 unspecified atom stereocenters. The van der Waals surface area contributed by atoms with Crippen molar-refractivity contribution in [2.45, 2.75) is 6.54 Å². The predicted octanol–water partition coefficient (Wildman–Crippen LogP) is 1.39. The van der Waals surface area contributed by atoms with Gasteiger partial charge >= 0.3 is 0 Å². The molecule has 1 aliphatic heterocycles. The van der Waals surface area contributed by atoms with Crippen LogP contribution in [-0.4, -0.2) is 48.2 Å². The van der Waals surface area contributed by atoms with E-state index >= 15 is 0 Å². The summed E-state index contributed by atoms with van der Waals surface area (Å²) in [6.07, 6.45) is 3.60. The number of anilines is 2. The quantitative estimate of drug-likeness (QED) is 0.920. The van der Waals surface area contributed by atoms with Gasteiger partial charge in [0.05, 0.1) is 19.0 Å². The standard InChI is InChI=1S/C16H21N5O/c1-22-15-5-4-14(11-19-15)21-9-7-20(8-10-21)12-13-3-2-6-18-16(13)17/h2-6,11H,7-10,12H2,1H3,(H2,17,18). The zero-order chi connectivity index (χ0) is 15.4. The van der Waals surface area contributed by atoms with E-state index in [2.05, 4.69) is 25.8 Å². The molecule has 1 fully saturated rings. The van der Waals surface area contributed by atoms with Crippen molar-refractivity contribution in [3.05, 3.63) is 42.2 Å². The number of hydrogen-bond donors (Lipinski definition) is 1. The zero-order valence-electron chi connectivity index (χ0n) is 12.8. The van der Waals surface area contributed by atoms with Crippen LogP contribution in [0.4, 0.5) is 11.5 Å². The normalized spacial score (nSPS) is 15.8. The number of nitrogens with zero attached hydrogens (tertiary/aromatic N) is 4. The molecule has 1 saturated heterocycles. The third-order valence-corrected chi connectivity index (χ3v) is 3.99. The lowest BCUT2D eigenvalue weighted by Gasteiger charge is -2.36. The molecule has 3 heterocycles. The lowest BCUT2D eigenvalue weighted by Crippen LogP contribution is -2.46. The first-order valence-electron chi connectivity index (χ1n) is 7.43. The molecule has 22 heavy (non-hydrogen) atoms.